The third-order valence-corrected chi connectivity index (χ3v) is 7.70. The van der Waals surface area contributed by atoms with E-state index in [2.05, 4.69) is 21.2 Å². The lowest BCUT2D eigenvalue weighted by molar-refractivity contribution is -0.139. The summed E-state index contributed by atoms with van der Waals surface area (Å²) in [4.78, 5) is 27.8. The summed E-state index contributed by atoms with van der Waals surface area (Å²) < 4.78 is 29.1. The van der Waals surface area contributed by atoms with Crippen LogP contribution in [0.5, 0.6) is 0 Å². The van der Waals surface area contributed by atoms with Crippen molar-refractivity contribution in [3.05, 3.63) is 95.0 Å². The summed E-state index contributed by atoms with van der Waals surface area (Å²) in [6.45, 7) is 3.54. The Morgan fingerprint density at radius 2 is 1.57 bits per heavy atom. The van der Waals surface area contributed by atoms with Gasteiger partial charge in [-0.2, -0.15) is 0 Å². The molecule has 9 heteroatoms. The van der Waals surface area contributed by atoms with Crippen LogP contribution in [-0.4, -0.2) is 44.3 Å². The molecule has 7 nitrogen and oxygen atoms in total. The maximum atomic E-state index is 13.7. The quantitative estimate of drug-likeness (QED) is 0.404. The van der Waals surface area contributed by atoms with Crippen LogP contribution in [0.4, 0.5) is 5.69 Å². The molecule has 1 atom stereocenters. The van der Waals surface area contributed by atoms with Crippen molar-refractivity contribution in [1.29, 1.82) is 0 Å². The largest absolute Gasteiger partial charge is 0.355 e. The van der Waals surface area contributed by atoms with E-state index in [4.69, 9.17) is 0 Å². The normalized spacial score (nSPS) is 12.0. The zero-order valence-electron chi connectivity index (χ0n) is 19.6. The van der Waals surface area contributed by atoms with Crippen molar-refractivity contribution in [3.8, 4) is 0 Å². The van der Waals surface area contributed by atoms with Crippen molar-refractivity contribution in [1.82, 2.24) is 10.2 Å². The Morgan fingerprint density at radius 3 is 2.17 bits per heavy atom. The van der Waals surface area contributed by atoms with Crippen molar-refractivity contribution >= 4 is 43.5 Å². The number of anilines is 1. The summed E-state index contributed by atoms with van der Waals surface area (Å²) in [5.74, 6) is -0.805. The number of nitrogens with zero attached hydrogens (tertiary/aromatic N) is 2. The molecule has 35 heavy (non-hydrogen) atoms. The summed E-state index contributed by atoms with van der Waals surface area (Å²) in [7, 11) is -4.04. The fourth-order valence-electron chi connectivity index (χ4n) is 3.58. The number of halogens is 1. The first kappa shape index (κ1) is 26.4. The molecular formula is C26H28BrN3O4S. The Hall–Kier alpha value is -3.17. The van der Waals surface area contributed by atoms with Crippen LogP contribution in [0, 0.1) is 0 Å². The highest BCUT2D eigenvalue weighted by Gasteiger charge is 2.32. The number of carbonyl (C=O) groups excluding carboxylic acids is 2. The third-order valence-electron chi connectivity index (χ3n) is 5.41. The zero-order valence-corrected chi connectivity index (χ0v) is 22.0. The second-order valence-corrected chi connectivity index (χ2v) is 10.7. The van der Waals surface area contributed by atoms with Crippen LogP contribution >= 0.6 is 15.9 Å². The van der Waals surface area contributed by atoms with E-state index >= 15 is 0 Å². The highest BCUT2D eigenvalue weighted by atomic mass is 79.9. The molecule has 0 aliphatic carbocycles. The van der Waals surface area contributed by atoms with Crippen LogP contribution in [0.1, 0.15) is 19.4 Å². The van der Waals surface area contributed by atoms with Crippen molar-refractivity contribution in [2.75, 3.05) is 17.4 Å². The monoisotopic (exact) mass is 557 g/mol. The molecule has 0 spiro atoms. The topological polar surface area (TPSA) is 86.8 Å². The second-order valence-electron chi connectivity index (χ2n) is 7.88. The fraction of sp³-hybridized carbons (Fsp3) is 0.231. The molecule has 3 aromatic rings. The smallest absolute Gasteiger partial charge is 0.264 e. The van der Waals surface area contributed by atoms with Crippen LogP contribution < -0.4 is 9.62 Å². The van der Waals surface area contributed by atoms with Crippen molar-refractivity contribution < 1.29 is 18.0 Å². The van der Waals surface area contributed by atoms with E-state index in [1.807, 2.05) is 24.3 Å². The minimum absolute atomic E-state index is 0.0759. The lowest BCUT2D eigenvalue weighted by Gasteiger charge is -2.32. The maximum absolute atomic E-state index is 13.7. The van der Waals surface area contributed by atoms with Gasteiger partial charge in [0.15, 0.2) is 0 Å². The number of amides is 2. The van der Waals surface area contributed by atoms with Crippen LogP contribution in [0.25, 0.3) is 0 Å². The van der Waals surface area contributed by atoms with Gasteiger partial charge in [0.1, 0.15) is 12.6 Å². The molecule has 0 aliphatic rings. The number of sulfonamides is 1. The second kappa shape index (κ2) is 12.0. The first-order chi connectivity index (χ1) is 16.7. The van der Waals surface area contributed by atoms with E-state index in [0.717, 1.165) is 14.3 Å². The molecular weight excluding hydrogens is 530 g/mol. The summed E-state index contributed by atoms with van der Waals surface area (Å²) >= 11 is 3.43. The average molecular weight is 558 g/mol. The molecule has 0 bridgehead atoms. The summed E-state index contributed by atoms with van der Waals surface area (Å²) in [6, 6.07) is 23.1. The molecule has 1 N–H and O–H groups in total. The summed E-state index contributed by atoms with van der Waals surface area (Å²) in [6.07, 6.45) is 0. The molecule has 1 unspecified atom stereocenters. The van der Waals surface area contributed by atoms with Crippen molar-refractivity contribution in [2.45, 2.75) is 31.3 Å². The van der Waals surface area contributed by atoms with Crippen LogP contribution in [0.15, 0.2) is 94.3 Å². The minimum atomic E-state index is -4.04. The number of para-hydroxylation sites is 1. The molecule has 0 saturated carbocycles. The standard InChI is InChI=1S/C26H28BrN3O4S/c1-3-28-26(32)20(2)29(18-21-11-10-12-22(27)17-21)25(31)19-30(23-13-6-4-7-14-23)35(33,34)24-15-8-5-9-16-24/h4-17,20H,3,18-19H2,1-2H3,(H,28,32). The zero-order chi connectivity index (χ0) is 25.4. The van der Waals surface area contributed by atoms with Gasteiger partial charge in [-0.25, -0.2) is 8.42 Å². The predicted molar refractivity (Wildman–Crippen MR) is 140 cm³/mol. The summed E-state index contributed by atoms with van der Waals surface area (Å²) in [5, 5.41) is 2.74. The number of rotatable bonds is 10. The number of nitrogens with one attached hydrogen (secondary N) is 1. The first-order valence-electron chi connectivity index (χ1n) is 11.2. The van der Waals surface area contributed by atoms with Crippen LogP contribution in [0.3, 0.4) is 0 Å². The van der Waals surface area contributed by atoms with Gasteiger partial charge in [0.2, 0.25) is 11.8 Å². The fourth-order valence-corrected chi connectivity index (χ4v) is 5.46. The van der Waals surface area contributed by atoms with Gasteiger partial charge in [0.05, 0.1) is 10.6 Å². The number of carbonyl (C=O) groups is 2. The molecule has 3 rings (SSSR count). The lowest BCUT2D eigenvalue weighted by atomic mass is 10.1. The number of hydrogen-bond acceptors (Lipinski definition) is 4. The predicted octanol–water partition coefficient (Wildman–Crippen LogP) is 4.20. The van der Waals surface area contributed by atoms with Crippen LogP contribution in [0.2, 0.25) is 0 Å². The Balaban J connectivity index is 1.99. The molecule has 0 heterocycles. The molecule has 0 radical (unpaired) electrons. The molecule has 0 fully saturated rings. The van der Waals surface area contributed by atoms with Gasteiger partial charge in [-0.05, 0) is 55.8 Å². The Labute approximate surface area is 214 Å². The molecule has 2 amide bonds. The lowest BCUT2D eigenvalue weighted by Crippen LogP contribution is -2.51. The Morgan fingerprint density at radius 1 is 0.943 bits per heavy atom. The SMILES string of the molecule is CCNC(=O)C(C)N(Cc1cccc(Br)c1)C(=O)CN(c1ccccc1)S(=O)(=O)c1ccccc1. The van der Waals surface area contributed by atoms with Gasteiger partial charge >= 0.3 is 0 Å². The number of hydrogen-bond donors (Lipinski definition) is 1. The number of benzene rings is 3. The van der Waals surface area contributed by atoms with E-state index in [1.54, 1.807) is 62.4 Å². The van der Waals surface area contributed by atoms with Gasteiger partial charge in [-0.1, -0.05) is 64.5 Å². The van der Waals surface area contributed by atoms with Gasteiger partial charge in [0, 0.05) is 17.6 Å². The van der Waals surface area contributed by atoms with E-state index < -0.39 is 28.5 Å². The van der Waals surface area contributed by atoms with E-state index in [9.17, 15) is 18.0 Å². The summed E-state index contributed by atoms with van der Waals surface area (Å²) in [5.41, 5.74) is 1.17. The van der Waals surface area contributed by atoms with Gasteiger partial charge < -0.3 is 10.2 Å². The van der Waals surface area contributed by atoms with Gasteiger partial charge in [-0.15, -0.1) is 0 Å². The Kier molecular flexibility index (Phi) is 9.06. The Bertz CT molecular complexity index is 1250. The van der Waals surface area contributed by atoms with Gasteiger partial charge in [-0.3, -0.25) is 13.9 Å². The molecule has 0 saturated heterocycles. The number of likely N-dealkylation sites (N-methyl/N-ethyl adjacent to an activating group) is 1. The molecule has 184 valence electrons. The van der Waals surface area contributed by atoms with E-state index in [1.165, 1.54) is 17.0 Å². The highest BCUT2D eigenvalue weighted by Crippen LogP contribution is 2.24. The average Bonchev–Trinajstić information content (AvgIpc) is 2.86. The minimum Gasteiger partial charge on any atom is -0.355 e. The molecule has 3 aromatic carbocycles. The highest BCUT2D eigenvalue weighted by molar-refractivity contribution is 9.10. The van der Waals surface area contributed by atoms with E-state index in [-0.39, 0.29) is 17.3 Å². The van der Waals surface area contributed by atoms with Crippen molar-refractivity contribution in [2.24, 2.45) is 0 Å². The third kappa shape index (κ3) is 6.70. The molecule has 0 aromatic heterocycles. The first-order valence-corrected chi connectivity index (χ1v) is 13.4. The van der Waals surface area contributed by atoms with Gasteiger partial charge in [0.25, 0.3) is 10.0 Å². The molecule has 0 aliphatic heterocycles. The van der Waals surface area contributed by atoms with Crippen LogP contribution in [-0.2, 0) is 26.2 Å². The van der Waals surface area contributed by atoms with Crippen molar-refractivity contribution in [3.63, 3.8) is 0 Å². The van der Waals surface area contributed by atoms with E-state index in [0.29, 0.717) is 12.2 Å². The maximum Gasteiger partial charge on any atom is 0.264 e.